The fourth-order valence-corrected chi connectivity index (χ4v) is 2.89. The summed E-state index contributed by atoms with van der Waals surface area (Å²) in [6, 6.07) is 0.475. The first-order valence-corrected chi connectivity index (χ1v) is 7.71. The maximum atomic E-state index is 6.12. The van der Waals surface area contributed by atoms with Crippen LogP contribution in [0.1, 0.15) is 63.1 Å². The summed E-state index contributed by atoms with van der Waals surface area (Å²) < 4.78 is 0. The van der Waals surface area contributed by atoms with E-state index in [0.29, 0.717) is 22.8 Å². The summed E-state index contributed by atoms with van der Waals surface area (Å²) >= 11 is 6.12. The Labute approximate surface area is 119 Å². The molecule has 1 heterocycles. The molecule has 19 heavy (non-hydrogen) atoms. The van der Waals surface area contributed by atoms with E-state index in [4.69, 9.17) is 17.3 Å². The van der Waals surface area contributed by atoms with Crippen molar-refractivity contribution in [3.63, 3.8) is 0 Å². The molecule has 1 aromatic rings. The molecule has 0 saturated heterocycles. The van der Waals surface area contributed by atoms with Crippen LogP contribution in [0, 0.1) is 0 Å². The quantitative estimate of drug-likeness (QED) is 0.654. The van der Waals surface area contributed by atoms with Gasteiger partial charge in [-0.25, -0.2) is 9.97 Å². The van der Waals surface area contributed by atoms with Crippen molar-refractivity contribution in [3.8, 4) is 0 Å². The number of anilines is 2. The summed E-state index contributed by atoms with van der Waals surface area (Å²) in [5.74, 6) is 2.09. The van der Waals surface area contributed by atoms with Crippen LogP contribution in [0.3, 0.4) is 0 Å². The van der Waals surface area contributed by atoms with Gasteiger partial charge in [0.15, 0.2) is 11.0 Å². The third kappa shape index (κ3) is 3.11. The van der Waals surface area contributed by atoms with E-state index in [0.717, 1.165) is 11.6 Å². The highest BCUT2D eigenvalue weighted by Crippen LogP contribution is 2.40. The second-order valence-electron chi connectivity index (χ2n) is 5.74. The lowest BCUT2D eigenvalue weighted by Crippen LogP contribution is -2.20. The SMILES string of the molecule is Nc1c(Cl)nc(C2CC2)nc1NC1CCCCCC1. The molecule has 104 valence electrons. The first kappa shape index (κ1) is 13.0. The van der Waals surface area contributed by atoms with Crippen molar-refractivity contribution < 1.29 is 0 Å². The Morgan fingerprint density at radius 1 is 1.00 bits per heavy atom. The molecule has 4 nitrogen and oxygen atoms in total. The summed E-state index contributed by atoms with van der Waals surface area (Å²) in [6.07, 6.45) is 9.97. The molecule has 2 saturated carbocycles. The van der Waals surface area contributed by atoms with E-state index in [9.17, 15) is 0 Å². The van der Waals surface area contributed by atoms with Gasteiger partial charge in [0.2, 0.25) is 0 Å². The van der Waals surface area contributed by atoms with E-state index >= 15 is 0 Å². The molecule has 3 rings (SSSR count). The van der Waals surface area contributed by atoms with Crippen molar-refractivity contribution in [3.05, 3.63) is 11.0 Å². The average Bonchev–Trinajstić information content (AvgIpc) is 3.22. The third-order valence-electron chi connectivity index (χ3n) is 4.05. The van der Waals surface area contributed by atoms with Crippen LogP contribution in [0.25, 0.3) is 0 Å². The van der Waals surface area contributed by atoms with Gasteiger partial charge in [-0.15, -0.1) is 0 Å². The number of hydrogen-bond acceptors (Lipinski definition) is 4. The Hall–Kier alpha value is -1.03. The molecule has 3 N–H and O–H groups in total. The minimum Gasteiger partial charge on any atom is -0.393 e. The highest BCUT2D eigenvalue weighted by atomic mass is 35.5. The lowest BCUT2D eigenvalue weighted by Gasteiger charge is -2.19. The summed E-state index contributed by atoms with van der Waals surface area (Å²) in [4.78, 5) is 8.88. The fourth-order valence-electron chi connectivity index (χ4n) is 2.71. The maximum absolute atomic E-state index is 6.12. The smallest absolute Gasteiger partial charge is 0.157 e. The monoisotopic (exact) mass is 280 g/mol. The Morgan fingerprint density at radius 3 is 2.32 bits per heavy atom. The number of nitrogen functional groups attached to an aromatic ring is 1. The molecular formula is C14H21ClN4. The molecular weight excluding hydrogens is 260 g/mol. The summed E-state index contributed by atoms with van der Waals surface area (Å²) in [6.45, 7) is 0. The van der Waals surface area contributed by atoms with Crippen molar-refractivity contribution >= 4 is 23.1 Å². The molecule has 0 radical (unpaired) electrons. The van der Waals surface area contributed by atoms with Gasteiger partial charge in [-0.3, -0.25) is 0 Å². The van der Waals surface area contributed by atoms with E-state index in [1.54, 1.807) is 0 Å². The van der Waals surface area contributed by atoms with Crippen molar-refractivity contribution in [1.82, 2.24) is 9.97 Å². The second kappa shape index (κ2) is 5.53. The topological polar surface area (TPSA) is 63.8 Å². The molecule has 0 aromatic carbocycles. The van der Waals surface area contributed by atoms with Crippen molar-refractivity contribution in [2.45, 2.75) is 63.3 Å². The lowest BCUT2D eigenvalue weighted by molar-refractivity contribution is 0.617. The van der Waals surface area contributed by atoms with Gasteiger partial charge in [-0.2, -0.15) is 0 Å². The van der Waals surface area contributed by atoms with Crippen molar-refractivity contribution in [2.24, 2.45) is 0 Å². The van der Waals surface area contributed by atoms with E-state index in [1.807, 2.05) is 0 Å². The highest BCUT2D eigenvalue weighted by molar-refractivity contribution is 6.32. The average molecular weight is 281 g/mol. The van der Waals surface area contributed by atoms with Crippen molar-refractivity contribution in [1.29, 1.82) is 0 Å². The van der Waals surface area contributed by atoms with Gasteiger partial charge in [0.25, 0.3) is 0 Å². The minimum atomic E-state index is 0.396. The molecule has 0 atom stereocenters. The number of halogens is 1. The van der Waals surface area contributed by atoms with E-state index in [1.165, 1.54) is 51.4 Å². The van der Waals surface area contributed by atoms with Gasteiger partial charge in [0.05, 0.1) is 0 Å². The number of nitrogens with two attached hydrogens (primary N) is 1. The zero-order valence-corrected chi connectivity index (χ0v) is 11.9. The number of nitrogens with one attached hydrogen (secondary N) is 1. The number of aromatic nitrogens is 2. The number of hydrogen-bond donors (Lipinski definition) is 2. The first-order valence-electron chi connectivity index (χ1n) is 7.33. The molecule has 0 unspecified atom stereocenters. The minimum absolute atomic E-state index is 0.396. The van der Waals surface area contributed by atoms with E-state index in [2.05, 4.69) is 15.3 Å². The maximum Gasteiger partial charge on any atom is 0.157 e. The standard InChI is InChI=1S/C14H21ClN4/c15-12-11(16)14(19-13(18-12)9-7-8-9)17-10-5-3-1-2-4-6-10/h9-10H,1-8,16H2,(H,17,18,19). The van der Waals surface area contributed by atoms with E-state index in [-0.39, 0.29) is 0 Å². The second-order valence-corrected chi connectivity index (χ2v) is 6.10. The number of rotatable bonds is 3. The van der Waals surface area contributed by atoms with Gasteiger partial charge in [0.1, 0.15) is 11.5 Å². The molecule has 2 aliphatic carbocycles. The van der Waals surface area contributed by atoms with Crippen LogP contribution >= 0.6 is 11.6 Å². The van der Waals surface area contributed by atoms with Gasteiger partial charge in [-0.05, 0) is 25.7 Å². The molecule has 0 amide bonds. The molecule has 5 heteroatoms. The lowest BCUT2D eigenvalue weighted by atomic mass is 10.1. The Morgan fingerprint density at radius 2 is 1.68 bits per heavy atom. The third-order valence-corrected chi connectivity index (χ3v) is 4.34. The van der Waals surface area contributed by atoms with Crippen LogP contribution in [0.15, 0.2) is 0 Å². The molecule has 0 aliphatic heterocycles. The Kier molecular flexibility index (Phi) is 3.78. The van der Waals surface area contributed by atoms with Crippen LogP contribution in [0.5, 0.6) is 0 Å². The van der Waals surface area contributed by atoms with Gasteiger partial charge >= 0.3 is 0 Å². The molecule has 2 fully saturated rings. The van der Waals surface area contributed by atoms with Crippen LogP contribution in [-0.2, 0) is 0 Å². The van der Waals surface area contributed by atoms with Crippen LogP contribution in [-0.4, -0.2) is 16.0 Å². The number of nitrogens with zero attached hydrogens (tertiary/aromatic N) is 2. The van der Waals surface area contributed by atoms with E-state index < -0.39 is 0 Å². The Bertz CT molecular complexity index is 451. The highest BCUT2D eigenvalue weighted by Gasteiger charge is 2.28. The summed E-state index contributed by atoms with van der Waals surface area (Å²) in [5, 5.41) is 3.89. The zero-order chi connectivity index (χ0) is 13.2. The molecule has 2 aliphatic rings. The van der Waals surface area contributed by atoms with Gasteiger partial charge in [-0.1, -0.05) is 37.3 Å². The van der Waals surface area contributed by atoms with Crippen LogP contribution < -0.4 is 11.1 Å². The van der Waals surface area contributed by atoms with Gasteiger partial charge in [0, 0.05) is 12.0 Å². The Balaban J connectivity index is 1.78. The first-order chi connectivity index (χ1) is 9.24. The van der Waals surface area contributed by atoms with Crippen LogP contribution in [0.2, 0.25) is 5.15 Å². The fraction of sp³-hybridized carbons (Fsp3) is 0.714. The largest absolute Gasteiger partial charge is 0.393 e. The van der Waals surface area contributed by atoms with Crippen LogP contribution in [0.4, 0.5) is 11.5 Å². The molecule has 1 aromatic heterocycles. The summed E-state index contributed by atoms with van der Waals surface area (Å²) in [5.41, 5.74) is 6.50. The van der Waals surface area contributed by atoms with Crippen molar-refractivity contribution in [2.75, 3.05) is 11.1 Å². The van der Waals surface area contributed by atoms with Gasteiger partial charge < -0.3 is 11.1 Å². The normalized spacial score (nSPS) is 21.1. The molecule has 0 bridgehead atoms. The zero-order valence-electron chi connectivity index (χ0n) is 11.2. The predicted octanol–water partition coefficient (Wildman–Crippen LogP) is 3.72. The molecule has 0 spiro atoms. The summed E-state index contributed by atoms with van der Waals surface area (Å²) in [7, 11) is 0. The predicted molar refractivity (Wildman–Crippen MR) is 78.5 cm³/mol.